The highest BCUT2D eigenvalue weighted by molar-refractivity contribution is 7.94. The number of methoxy groups -OCH3 is 1. The number of nitrogens with one attached hydrogen (secondary N) is 3. The zero-order valence-corrected chi connectivity index (χ0v) is 18.0. The predicted molar refractivity (Wildman–Crippen MR) is 113 cm³/mol. The van der Waals surface area contributed by atoms with E-state index < -0.39 is 10.1 Å². The van der Waals surface area contributed by atoms with Gasteiger partial charge < -0.3 is 21.1 Å². The molecule has 0 atom stereocenters. The molecule has 0 aliphatic rings. The van der Waals surface area contributed by atoms with Crippen molar-refractivity contribution < 1.29 is 22.0 Å². The third kappa shape index (κ3) is 9.17. The Morgan fingerprint density at radius 2 is 1.97 bits per heavy atom. The van der Waals surface area contributed by atoms with Crippen LogP contribution in [0.4, 0.5) is 17.6 Å². The van der Waals surface area contributed by atoms with Crippen molar-refractivity contribution in [3.05, 3.63) is 24.3 Å². The number of nitrogens with zero attached hydrogens (tertiary/aromatic N) is 3. The molecule has 12 nitrogen and oxygen atoms in total. The van der Waals surface area contributed by atoms with Gasteiger partial charge in [-0.15, -0.1) is 0 Å². The molecular formula is C16H25N7O5S2. The summed E-state index contributed by atoms with van der Waals surface area (Å²) < 4.78 is 41.9. The Morgan fingerprint density at radius 1 is 1.17 bits per heavy atom. The van der Waals surface area contributed by atoms with Crippen LogP contribution in [0, 0.1) is 0 Å². The lowest BCUT2D eigenvalue weighted by atomic mass is 10.3. The Labute approximate surface area is 179 Å². The summed E-state index contributed by atoms with van der Waals surface area (Å²) in [5, 5.41) is 6.31. The molecule has 6 N–H and O–H groups in total. The van der Waals surface area contributed by atoms with Gasteiger partial charge in [-0.2, -0.15) is 28.8 Å². The fraction of sp³-hybridized carbons (Fsp3) is 0.438. The SMILES string of the molecule is COCCCNCCCNOSc1nc(N)nc(Nc2cccc(S(=O)(=O)O)c2)n1. The number of hydroxylamine groups is 1. The highest BCUT2D eigenvalue weighted by Gasteiger charge is 2.11. The smallest absolute Gasteiger partial charge is 0.294 e. The Hall–Kier alpha value is -2.07. The third-order valence-electron chi connectivity index (χ3n) is 3.53. The number of aromatic nitrogens is 3. The van der Waals surface area contributed by atoms with Gasteiger partial charge in [-0.1, -0.05) is 6.07 Å². The number of anilines is 3. The molecule has 0 amide bonds. The lowest BCUT2D eigenvalue weighted by molar-refractivity contribution is 0.194. The van der Waals surface area contributed by atoms with Gasteiger partial charge in [-0.3, -0.25) is 4.55 Å². The summed E-state index contributed by atoms with van der Waals surface area (Å²) in [4.78, 5) is 11.8. The van der Waals surface area contributed by atoms with E-state index in [0.717, 1.165) is 44.6 Å². The molecule has 0 saturated carbocycles. The normalized spacial score (nSPS) is 11.5. The van der Waals surface area contributed by atoms with Crippen LogP contribution in [-0.2, 0) is 19.1 Å². The molecule has 0 spiro atoms. The molecule has 0 bridgehead atoms. The van der Waals surface area contributed by atoms with Crippen LogP contribution >= 0.6 is 12.0 Å². The van der Waals surface area contributed by atoms with E-state index in [1.165, 1.54) is 18.2 Å². The summed E-state index contributed by atoms with van der Waals surface area (Å²) in [5.74, 6) is 0.0612. The first-order chi connectivity index (χ1) is 14.4. The lowest BCUT2D eigenvalue weighted by Crippen LogP contribution is -2.22. The molecule has 0 aliphatic carbocycles. The molecule has 0 radical (unpaired) electrons. The fourth-order valence-electron chi connectivity index (χ4n) is 2.19. The van der Waals surface area contributed by atoms with Crippen LogP contribution in [0.25, 0.3) is 0 Å². The quantitative estimate of drug-likeness (QED) is 0.117. The van der Waals surface area contributed by atoms with Crippen LogP contribution in [-0.4, -0.2) is 61.3 Å². The minimum absolute atomic E-state index is 0.0372. The van der Waals surface area contributed by atoms with Crippen molar-refractivity contribution in [1.29, 1.82) is 0 Å². The van der Waals surface area contributed by atoms with Crippen molar-refractivity contribution in [3.8, 4) is 0 Å². The van der Waals surface area contributed by atoms with Gasteiger partial charge in [0, 0.05) is 25.9 Å². The molecular weight excluding hydrogens is 434 g/mol. The number of hydrogen-bond donors (Lipinski definition) is 5. The van der Waals surface area contributed by atoms with Crippen molar-refractivity contribution >= 4 is 39.7 Å². The van der Waals surface area contributed by atoms with E-state index in [4.69, 9.17) is 19.3 Å². The molecule has 1 heterocycles. The number of rotatable bonds is 14. The van der Waals surface area contributed by atoms with Gasteiger partial charge in [0.25, 0.3) is 10.1 Å². The first-order valence-electron chi connectivity index (χ1n) is 9.00. The largest absolute Gasteiger partial charge is 0.385 e. The maximum atomic E-state index is 11.2. The van der Waals surface area contributed by atoms with Gasteiger partial charge >= 0.3 is 0 Å². The molecule has 0 unspecified atom stereocenters. The van der Waals surface area contributed by atoms with Crippen molar-refractivity contribution in [2.75, 3.05) is 44.4 Å². The van der Waals surface area contributed by atoms with Gasteiger partial charge in [0.2, 0.25) is 17.1 Å². The first kappa shape index (κ1) is 24.2. The van der Waals surface area contributed by atoms with E-state index in [2.05, 4.69) is 31.1 Å². The summed E-state index contributed by atoms with van der Waals surface area (Å²) in [6, 6.07) is 5.55. The van der Waals surface area contributed by atoms with E-state index in [-0.39, 0.29) is 21.9 Å². The van der Waals surface area contributed by atoms with Crippen molar-refractivity contribution in [2.45, 2.75) is 22.9 Å². The van der Waals surface area contributed by atoms with E-state index in [1.807, 2.05) is 0 Å². The van der Waals surface area contributed by atoms with Crippen molar-refractivity contribution in [3.63, 3.8) is 0 Å². The monoisotopic (exact) mass is 459 g/mol. The van der Waals surface area contributed by atoms with Crippen LogP contribution in [0.2, 0.25) is 0 Å². The van der Waals surface area contributed by atoms with E-state index >= 15 is 0 Å². The Morgan fingerprint density at radius 3 is 2.73 bits per heavy atom. The van der Waals surface area contributed by atoms with Gasteiger partial charge in [-0.25, -0.2) is 4.28 Å². The van der Waals surface area contributed by atoms with Crippen molar-refractivity contribution in [1.82, 2.24) is 25.7 Å². The Bertz CT molecular complexity index is 901. The molecule has 166 valence electrons. The molecule has 0 saturated heterocycles. The summed E-state index contributed by atoms with van der Waals surface area (Å²) in [6.07, 6.45) is 1.83. The average molecular weight is 460 g/mol. The molecule has 2 rings (SSSR count). The lowest BCUT2D eigenvalue weighted by Gasteiger charge is -2.08. The minimum atomic E-state index is -4.32. The summed E-state index contributed by atoms with van der Waals surface area (Å²) in [5.41, 5.74) is 8.83. The predicted octanol–water partition coefficient (Wildman–Crippen LogP) is 0.989. The van der Waals surface area contributed by atoms with E-state index in [0.29, 0.717) is 12.2 Å². The second-order valence-corrected chi connectivity index (χ2v) is 8.06. The maximum absolute atomic E-state index is 11.2. The number of nitrogens with two attached hydrogens (primary N) is 1. The van der Waals surface area contributed by atoms with E-state index in [1.54, 1.807) is 13.2 Å². The number of benzene rings is 1. The highest BCUT2D eigenvalue weighted by Crippen LogP contribution is 2.20. The van der Waals surface area contributed by atoms with Gasteiger partial charge in [0.15, 0.2) is 0 Å². The van der Waals surface area contributed by atoms with Crippen molar-refractivity contribution in [2.24, 2.45) is 0 Å². The van der Waals surface area contributed by atoms with Crippen LogP contribution < -0.4 is 21.8 Å². The molecule has 0 fully saturated rings. The number of nitrogen functional groups attached to an aromatic ring is 1. The highest BCUT2D eigenvalue weighted by atomic mass is 32.2. The molecule has 2 aromatic rings. The summed E-state index contributed by atoms with van der Waals surface area (Å²) in [6.45, 7) is 3.11. The molecule has 30 heavy (non-hydrogen) atoms. The van der Waals surface area contributed by atoms with Crippen LogP contribution in [0.5, 0.6) is 0 Å². The summed E-state index contributed by atoms with van der Waals surface area (Å²) >= 11 is 0.875. The maximum Gasteiger partial charge on any atom is 0.294 e. The van der Waals surface area contributed by atoms with Crippen LogP contribution in [0.15, 0.2) is 34.3 Å². The summed E-state index contributed by atoms with van der Waals surface area (Å²) in [7, 11) is -2.64. The standard InChI is InChI=1S/C16H25N7O5S2/c1-27-10-4-8-18-7-3-9-19-28-29-16-22-14(17)21-15(23-16)20-12-5-2-6-13(11-12)30(24,25)26/h2,5-6,11,18-19H,3-4,7-10H2,1H3,(H,24,25,26)(H3,17,20,21,22,23). The third-order valence-corrected chi connectivity index (χ3v) is 4.91. The zero-order valence-electron chi connectivity index (χ0n) is 16.4. The molecule has 0 aliphatic heterocycles. The average Bonchev–Trinajstić information content (AvgIpc) is 2.68. The van der Waals surface area contributed by atoms with Gasteiger partial charge in [0.1, 0.15) is 0 Å². The second kappa shape index (κ2) is 12.6. The Kier molecular flexibility index (Phi) is 10.2. The topological polar surface area (TPSA) is 174 Å². The van der Waals surface area contributed by atoms with Crippen LogP contribution in [0.3, 0.4) is 0 Å². The molecule has 1 aromatic heterocycles. The van der Waals surface area contributed by atoms with E-state index in [9.17, 15) is 8.42 Å². The van der Waals surface area contributed by atoms with Gasteiger partial charge in [0.05, 0.1) is 16.9 Å². The molecule has 14 heteroatoms. The minimum Gasteiger partial charge on any atom is -0.385 e. The number of ether oxygens (including phenoxy) is 1. The first-order valence-corrected chi connectivity index (χ1v) is 11.2. The van der Waals surface area contributed by atoms with Crippen LogP contribution in [0.1, 0.15) is 12.8 Å². The molecule has 1 aromatic carbocycles. The fourth-order valence-corrected chi connectivity index (χ4v) is 3.19. The zero-order chi connectivity index (χ0) is 21.8. The second-order valence-electron chi connectivity index (χ2n) is 5.94. The van der Waals surface area contributed by atoms with Gasteiger partial charge in [-0.05, 0) is 44.1 Å². The Balaban J connectivity index is 1.79. The number of hydrogen-bond acceptors (Lipinski definition) is 12.